The van der Waals surface area contributed by atoms with Crippen LogP contribution < -0.4 is 0 Å². The molecule has 162 valence electrons. The third-order valence-corrected chi connectivity index (χ3v) is 7.53. The van der Waals surface area contributed by atoms with Crippen LogP contribution >= 0.6 is 0 Å². The first kappa shape index (κ1) is 21.6. The largest absolute Gasteiger partial charge is 0.261 e. The lowest BCUT2D eigenvalue weighted by atomic mass is 9.95. The number of hydrogen-bond acceptors (Lipinski definition) is 3. The Bertz CT molecular complexity index is 1180. The fraction of sp³-hybridized carbons (Fsp3) is 0.292. The maximum absolute atomic E-state index is 14.2. The summed E-state index contributed by atoms with van der Waals surface area (Å²) >= 11 is 0. The summed E-state index contributed by atoms with van der Waals surface area (Å²) in [5.41, 5.74) is 3.33. The van der Waals surface area contributed by atoms with Crippen LogP contribution in [0.1, 0.15) is 41.1 Å². The van der Waals surface area contributed by atoms with Crippen LogP contribution in [0.3, 0.4) is 0 Å². The van der Waals surface area contributed by atoms with Crippen molar-refractivity contribution in [2.45, 2.75) is 37.0 Å². The summed E-state index contributed by atoms with van der Waals surface area (Å²) in [7, 11) is -3.91. The van der Waals surface area contributed by atoms with Crippen molar-refractivity contribution in [1.29, 1.82) is 0 Å². The van der Waals surface area contributed by atoms with Crippen LogP contribution in [0.5, 0.6) is 0 Å². The van der Waals surface area contributed by atoms with Gasteiger partial charge in [-0.3, -0.25) is 4.98 Å². The van der Waals surface area contributed by atoms with Gasteiger partial charge in [0.2, 0.25) is 10.0 Å². The highest BCUT2D eigenvalue weighted by atomic mass is 32.2. The van der Waals surface area contributed by atoms with Gasteiger partial charge >= 0.3 is 0 Å². The highest BCUT2D eigenvalue weighted by Gasteiger charge is 2.33. The first-order valence-electron chi connectivity index (χ1n) is 10.3. The quantitative estimate of drug-likeness (QED) is 0.569. The van der Waals surface area contributed by atoms with E-state index in [2.05, 4.69) is 4.98 Å². The number of pyridine rings is 1. The first-order chi connectivity index (χ1) is 14.8. The Balaban J connectivity index is 1.50. The summed E-state index contributed by atoms with van der Waals surface area (Å²) in [6.45, 7) is 2.38. The summed E-state index contributed by atoms with van der Waals surface area (Å²) in [4.78, 5) is 4.28. The van der Waals surface area contributed by atoms with Gasteiger partial charge in [-0.15, -0.1) is 0 Å². The molecule has 1 aliphatic rings. The Hall–Kier alpha value is -2.64. The number of benzene rings is 2. The van der Waals surface area contributed by atoms with Gasteiger partial charge in [-0.05, 0) is 73.2 Å². The molecule has 4 nitrogen and oxygen atoms in total. The first-order valence-corrected chi connectivity index (χ1v) is 11.7. The molecule has 0 unspecified atom stereocenters. The van der Waals surface area contributed by atoms with Crippen molar-refractivity contribution in [3.63, 3.8) is 0 Å². The molecule has 1 fully saturated rings. The monoisotopic (exact) mass is 442 g/mol. The molecule has 0 N–H and O–H groups in total. The lowest BCUT2D eigenvalue weighted by Crippen LogP contribution is -2.39. The number of piperidine rings is 1. The van der Waals surface area contributed by atoms with Gasteiger partial charge < -0.3 is 0 Å². The predicted octanol–water partition coefficient (Wildman–Crippen LogP) is 4.83. The number of aromatic nitrogens is 1. The second kappa shape index (κ2) is 8.85. The Kier molecular flexibility index (Phi) is 6.16. The van der Waals surface area contributed by atoms with Crippen molar-refractivity contribution in [3.05, 3.63) is 94.8 Å². The van der Waals surface area contributed by atoms with E-state index in [0.717, 1.165) is 23.2 Å². The fourth-order valence-electron chi connectivity index (χ4n) is 4.01. The molecule has 0 spiro atoms. The van der Waals surface area contributed by atoms with E-state index in [-0.39, 0.29) is 23.2 Å². The zero-order chi connectivity index (χ0) is 22.0. The van der Waals surface area contributed by atoms with E-state index in [0.29, 0.717) is 24.9 Å². The number of aryl methyl sites for hydroxylation is 1. The average molecular weight is 443 g/mol. The molecule has 2 heterocycles. The maximum atomic E-state index is 14.2. The molecule has 1 saturated heterocycles. The number of nitrogens with zero attached hydrogens (tertiary/aromatic N) is 2. The van der Waals surface area contributed by atoms with E-state index in [9.17, 15) is 17.2 Å². The molecule has 1 aliphatic heterocycles. The molecule has 0 radical (unpaired) electrons. The van der Waals surface area contributed by atoms with E-state index >= 15 is 0 Å². The molecule has 0 aliphatic carbocycles. The normalized spacial score (nSPS) is 17.6. The Morgan fingerprint density at radius 2 is 1.90 bits per heavy atom. The second-order valence-electron chi connectivity index (χ2n) is 8.03. The highest BCUT2D eigenvalue weighted by molar-refractivity contribution is 7.89. The number of hydrogen-bond donors (Lipinski definition) is 0. The van der Waals surface area contributed by atoms with Crippen molar-refractivity contribution in [3.8, 4) is 0 Å². The summed E-state index contributed by atoms with van der Waals surface area (Å²) in [6.07, 6.45) is 3.83. The van der Waals surface area contributed by atoms with Gasteiger partial charge in [-0.25, -0.2) is 17.2 Å². The van der Waals surface area contributed by atoms with Gasteiger partial charge in [0.25, 0.3) is 0 Å². The summed E-state index contributed by atoms with van der Waals surface area (Å²) in [5.74, 6) is -1.05. The summed E-state index contributed by atoms with van der Waals surface area (Å²) in [6, 6.07) is 14.5. The third kappa shape index (κ3) is 4.83. The molecule has 1 atom stereocenters. The fourth-order valence-corrected chi connectivity index (χ4v) is 5.69. The van der Waals surface area contributed by atoms with Crippen molar-refractivity contribution in [2.75, 3.05) is 13.1 Å². The average Bonchev–Trinajstić information content (AvgIpc) is 2.76. The summed E-state index contributed by atoms with van der Waals surface area (Å²) in [5, 5.41) is 0. The van der Waals surface area contributed by atoms with Gasteiger partial charge in [0.15, 0.2) is 0 Å². The molecule has 0 amide bonds. The SMILES string of the molecule is Cc1ccc(F)c(S(=O)(=O)N2CCC[C@H](c3ccc(Cc4cccc(F)c4)cn3)C2)c1. The van der Waals surface area contributed by atoms with Crippen LogP contribution in [-0.4, -0.2) is 30.8 Å². The molecule has 0 saturated carbocycles. The van der Waals surface area contributed by atoms with Crippen LogP contribution in [0.2, 0.25) is 0 Å². The van der Waals surface area contributed by atoms with Crippen molar-refractivity contribution in [2.24, 2.45) is 0 Å². The maximum Gasteiger partial charge on any atom is 0.246 e. The molecular formula is C24H24F2N2O2S. The zero-order valence-corrected chi connectivity index (χ0v) is 18.1. The van der Waals surface area contributed by atoms with Gasteiger partial charge in [-0.2, -0.15) is 4.31 Å². The standard InChI is InChI=1S/C24H24F2N2O2S/c1-17-7-9-22(26)24(12-17)31(29,30)28-11-3-5-20(16-28)23-10-8-19(15-27-23)13-18-4-2-6-21(25)14-18/h2,4,6-10,12,14-15,20H,3,5,11,13,16H2,1H3/t20-/m0/s1. The van der Waals surface area contributed by atoms with E-state index in [1.54, 1.807) is 25.3 Å². The second-order valence-corrected chi connectivity index (χ2v) is 9.94. The van der Waals surface area contributed by atoms with E-state index in [4.69, 9.17) is 0 Å². The van der Waals surface area contributed by atoms with Crippen LogP contribution in [0.4, 0.5) is 8.78 Å². The molecule has 3 aromatic rings. The molecule has 0 bridgehead atoms. The van der Waals surface area contributed by atoms with Crippen molar-refractivity contribution < 1.29 is 17.2 Å². The molecular weight excluding hydrogens is 418 g/mol. The van der Waals surface area contributed by atoms with E-state index < -0.39 is 15.8 Å². The van der Waals surface area contributed by atoms with Crippen LogP contribution in [-0.2, 0) is 16.4 Å². The Morgan fingerprint density at radius 1 is 1.06 bits per heavy atom. The molecule has 7 heteroatoms. The van der Waals surface area contributed by atoms with Gasteiger partial charge in [0, 0.05) is 30.9 Å². The number of sulfonamides is 1. The lowest BCUT2D eigenvalue weighted by molar-refractivity contribution is 0.311. The Morgan fingerprint density at radius 3 is 2.65 bits per heavy atom. The zero-order valence-electron chi connectivity index (χ0n) is 17.3. The topological polar surface area (TPSA) is 50.3 Å². The smallest absolute Gasteiger partial charge is 0.246 e. The minimum atomic E-state index is -3.91. The van der Waals surface area contributed by atoms with Gasteiger partial charge in [-0.1, -0.05) is 24.3 Å². The van der Waals surface area contributed by atoms with Gasteiger partial charge in [0.1, 0.15) is 16.5 Å². The molecule has 1 aromatic heterocycles. The van der Waals surface area contributed by atoms with Crippen molar-refractivity contribution >= 4 is 10.0 Å². The van der Waals surface area contributed by atoms with Crippen LogP contribution in [0.25, 0.3) is 0 Å². The van der Waals surface area contributed by atoms with Crippen molar-refractivity contribution in [1.82, 2.24) is 9.29 Å². The van der Waals surface area contributed by atoms with Crippen LogP contribution in [0.15, 0.2) is 65.7 Å². The highest BCUT2D eigenvalue weighted by Crippen LogP contribution is 2.30. The van der Waals surface area contributed by atoms with E-state index in [1.165, 1.54) is 28.6 Å². The van der Waals surface area contributed by atoms with E-state index in [1.807, 2.05) is 18.2 Å². The Labute approximate surface area is 181 Å². The number of rotatable bonds is 5. The lowest BCUT2D eigenvalue weighted by Gasteiger charge is -2.31. The molecule has 4 rings (SSSR count). The number of halogens is 2. The third-order valence-electron chi connectivity index (χ3n) is 5.65. The predicted molar refractivity (Wildman–Crippen MR) is 115 cm³/mol. The van der Waals surface area contributed by atoms with Gasteiger partial charge in [0.05, 0.1) is 0 Å². The summed E-state index contributed by atoms with van der Waals surface area (Å²) < 4.78 is 55.1. The molecule has 31 heavy (non-hydrogen) atoms. The van der Waals surface area contributed by atoms with Crippen LogP contribution in [0, 0.1) is 18.6 Å². The molecule has 2 aromatic carbocycles. The minimum absolute atomic E-state index is 0.0559. The minimum Gasteiger partial charge on any atom is -0.261 e.